The Labute approximate surface area is 106 Å². The van der Waals surface area contributed by atoms with Crippen molar-refractivity contribution in [1.82, 2.24) is 4.98 Å². The van der Waals surface area contributed by atoms with Crippen molar-refractivity contribution < 1.29 is 4.42 Å². The van der Waals surface area contributed by atoms with E-state index in [9.17, 15) is 0 Å². The maximum absolute atomic E-state index is 8.71. The van der Waals surface area contributed by atoms with Gasteiger partial charge in [0.25, 0.3) is 0 Å². The van der Waals surface area contributed by atoms with Gasteiger partial charge in [-0.2, -0.15) is 5.26 Å². The zero-order chi connectivity index (χ0) is 12.4. The highest BCUT2D eigenvalue weighted by Crippen LogP contribution is 2.33. The van der Waals surface area contributed by atoms with Crippen LogP contribution in [0.3, 0.4) is 0 Å². The number of fused-ring (bicyclic) bond motifs is 1. The van der Waals surface area contributed by atoms with Crippen LogP contribution < -0.4 is 0 Å². The molecule has 18 heavy (non-hydrogen) atoms. The number of oxazole rings is 1. The average Bonchev–Trinajstić information content (AvgIpc) is 2.83. The molecule has 1 heterocycles. The molecule has 1 aliphatic carbocycles. The van der Waals surface area contributed by atoms with Crippen LogP contribution in [-0.4, -0.2) is 4.98 Å². The van der Waals surface area contributed by atoms with Gasteiger partial charge in [-0.15, -0.1) is 0 Å². The summed E-state index contributed by atoms with van der Waals surface area (Å²) >= 11 is 0. The molecule has 0 atom stereocenters. The van der Waals surface area contributed by atoms with Gasteiger partial charge in [-0.05, 0) is 30.5 Å². The number of nitrogens with zero attached hydrogens (tertiary/aromatic N) is 2. The van der Waals surface area contributed by atoms with Crippen LogP contribution in [-0.2, 0) is 6.42 Å². The van der Waals surface area contributed by atoms with Gasteiger partial charge >= 0.3 is 0 Å². The van der Waals surface area contributed by atoms with E-state index in [2.05, 4.69) is 11.1 Å². The standard InChI is InChI=1S/C15H16N2O/c16-9-8-11-6-7-14-13(10-11)17-15(18-14)12-4-2-1-3-5-12/h6-7,10,12H,1-5,8H2. The highest BCUT2D eigenvalue weighted by Gasteiger charge is 2.20. The first-order chi connectivity index (χ1) is 8.86. The third-order valence-corrected chi connectivity index (χ3v) is 3.71. The van der Waals surface area contributed by atoms with Gasteiger partial charge in [0, 0.05) is 5.92 Å². The van der Waals surface area contributed by atoms with Gasteiger partial charge in [-0.25, -0.2) is 4.98 Å². The van der Waals surface area contributed by atoms with Gasteiger partial charge in [-0.3, -0.25) is 0 Å². The first-order valence-electron chi connectivity index (χ1n) is 6.63. The summed E-state index contributed by atoms with van der Waals surface area (Å²) in [7, 11) is 0. The predicted octanol–water partition coefficient (Wildman–Crippen LogP) is 3.94. The van der Waals surface area contributed by atoms with Gasteiger partial charge in [0.05, 0.1) is 12.5 Å². The van der Waals surface area contributed by atoms with Gasteiger partial charge in [0.15, 0.2) is 11.5 Å². The smallest absolute Gasteiger partial charge is 0.198 e. The molecule has 0 spiro atoms. The summed E-state index contributed by atoms with van der Waals surface area (Å²) in [6.07, 6.45) is 6.71. The third kappa shape index (κ3) is 2.11. The highest BCUT2D eigenvalue weighted by molar-refractivity contribution is 5.73. The number of benzene rings is 1. The van der Waals surface area contributed by atoms with E-state index in [1.807, 2.05) is 18.2 Å². The summed E-state index contributed by atoms with van der Waals surface area (Å²) < 4.78 is 5.85. The molecule has 0 amide bonds. The van der Waals surface area contributed by atoms with Crippen molar-refractivity contribution in [2.75, 3.05) is 0 Å². The van der Waals surface area contributed by atoms with Crippen molar-refractivity contribution in [3.05, 3.63) is 29.7 Å². The van der Waals surface area contributed by atoms with E-state index in [1.54, 1.807) is 0 Å². The second-order valence-corrected chi connectivity index (χ2v) is 5.02. The Balaban J connectivity index is 1.92. The number of aromatic nitrogens is 1. The largest absolute Gasteiger partial charge is 0.440 e. The second-order valence-electron chi connectivity index (χ2n) is 5.02. The fourth-order valence-corrected chi connectivity index (χ4v) is 2.72. The molecule has 1 saturated carbocycles. The van der Waals surface area contributed by atoms with E-state index < -0.39 is 0 Å². The molecule has 3 rings (SSSR count). The molecule has 0 unspecified atom stereocenters. The van der Waals surface area contributed by atoms with E-state index in [4.69, 9.17) is 9.68 Å². The van der Waals surface area contributed by atoms with E-state index in [1.165, 1.54) is 32.1 Å². The summed E-state index contributed by atoms with van der Waals surface area (Å²) in [6.45, 7) is 0. The maximum Gasteiger partial charge on any atom is 0.198 e. The van der Waals surface area contributed by atoms with Crippen LogP contribution in [0.5, 0.6) is 0 Å². The quantitative estimate of drug-likeness (QED) is 0.798. The number of nitriles is 1. The summed E-state index contributed by atoms with van der Waals surface area (Å²) in [5.41, 5.74) is 2.74. The van der Waals surface area contributed by atoms with Crippen molar-refractivity contribution in [2.24, 2.45) is 0 Å². The lowest BCUT2D eigenvalue weighted by molar-refractivity contribution is 0.373. The van der Waals surface area contributed by atoms with E-state index in [0.717, 1.165) is 22.6 Å². The molecule has 0 aliphatic heterocycles. The van der Waals surface area contributed by atoms with E-state index in [0.29, 0.717) is 12.3 Å². The molecule has 1 aliphatic rings. The van der Waals surface area contributed by atoms with Crippen molar-refractivity contribution in [2.45, 2.75) is 44.4 Å². The topological polar surface area (TPSA) is 49.8 Å². The van der Waals surface area contributed by atoms with Gasteiger partial charge in [0.2, 0.25) is 0 Å². The van der Waals surface area contributed by atoms with Crippen molar-refractivity contribution >= 4 is 11.1 Å². The average molecular weight is 240 g/mol. The van der Waals surface area contributed by atoms with Crippen LogP contribution in [0.1, 0.15) is 49.5 Å². The Morgan fingerprint density at radius 2 is 2.11 bits per heavy atom. The molecule has 0 bridgehead atoms. The molecule has 92 valence electrons. The van der Waals surface area contributed by atoms with Crippen LogP contribution >= 0.6 is 0 Å². The molecule has 0 N–H and O–H groups in total. The molecule has 1 aromatic heterocycles. The number of hydrogen-bond donors (Lipinski definition) is 0. The molecule has 0 radical (unpaired) electrons. The predicted molar refractivity (Wildman–Crippen MR) is 69.2 cm³/mol. The lowest BCUT2D eigenvalue weighted by Gasteiger charge is -2.17. The van der Waals surface area contributed by atoms with Crippen LogP contribution in [0.4, 0.5) is 0 Å². The van der Waals surface area contributed by atoms with Crippen molar-refractivity contribution in [3.63, 3.8) is 0 Å². The molecular weight excluding hydrogens is 224 g/mol. The Morgan fingerprint density at radius 3 is 2.89 bits per heavy atom. The lowest BCUT2D eigenvalue weighted by Crippen LogP contribution is -2.04. The minimum Gasteiger partial charge on any atom is -0.440 e. The lowest BCUT2D eigenvalue weighted by atomic mass is 9.89. The molecule has 3 heteroatoms. The third-order valence-electron chi connectivity index (χ3n) is 3.71. The fourth-order valence-electron chi connectivity index (χ4n) is 2.72. The van der Waals surface area contributed by atoms with Crippen LogP contribution in [0.15, 0.2) is 22.6 Å². The monoisotopic (exact) mass is 240 g/mol. The molecule has 1 fully saturated rings. The van der Waals surface area contributed by atoms with Crippen LogP contribution in [0, 0.1) is 11.3 Å². The first kappa shape index (κ1) is 11.3. The summed E-state index contributed by atoms with van der Waals surface area (Å²) in [4.78, 5) is 4.60. The van der Waals surface area contributed by atoms with E-state index in [-0.39, 0.29) is 0 Å². The van der Waals surface area contributed by atoms with Crippen LogP contribution in [0.25, 0.3) is 11.1 Å². The Bertz CT molecular complexity index is 588. The highest BCUT2D eigenvalue weighted by atomic mass is 16.3. The number of hydrogen-bond acceptors (Lipinski definition) is 3. The minimum absolute atomic E-state index is 0.432. The summed E-state index contributed by atoms with van der Waals surface area (Å²) in [6, 6.07) is 8.00. The van der Waals surface area contributed by atoms with Crippen molar-refractivity contribution in [3.8, 4) is 6.07 Å². The van der Waals surface area contributed by atoms with Gasteiger partial charge < -0.3 is 4.42 Å². The fraction of sp³-hybridized carbons (Fsp3) is 0.467. The Hall–Kier alpha value is -1.82. The normalized spacial score (nSPS) is 16.8. The molecule has 2 aromatic rings. The van der Waals surface area contributed by atoms with Crippen molar-refractivity contribution in [1.29, 1.82) is 5.26 Å². The summed E-state index contributed by atoms with van der Waals surface area (Å²) in [5, 5.41) is 8.71. The molecule has 3 nitrogen and oxygen atoms in total. The molecule has 0 saturated heterocycles. The zero-order valence-electron chi connectivity index (χ0n) is 10.4. The number of rotatable bonds is 2. The Morgan fingerprint density at radius 1 is 1.28 bits per heavy atom. The minimum atomic E-state index is 0.432. The Kier molecular flexibility index (Phi) is 3.02. The van der Waals surface area contributed by atoms with Gasteiger partial charge in [-0.1, -0.05) is 25.3 Å². The van der Waals surface area contributed by atoms with E-state index >= 15 is 0 Å². The zero-order valence-corrected chi connectivity index (χ0v) is 10.4. The molecule has 1 aromatic carbocycles. The second kappa shape index (κ2) is 4.81. The van der Waals surface area contributed by atoms with Gasteiger partial charge in [0.1, 0.15) is 5.52 Å². The van der Waals surface area contributed by atoms with Crippen LogP contribution in [0.2, 0.25) is 0 Å². The molecular formula is C15H16N2O. The maximum atomic E-state index is 8.71. The summed E-state index contributed by atoms with van der Waals surface area (Å²) in [5.74, 6) is 1.38. The first-order valence-corrected chi connectivity index (χ1v) is 6.63. The SMILES string of the molecule is N#CCc1ccc2oc(C3CCCCC3)nc2c1.